The Morgan fingerprint density at radius 2 is 1.63 bits per heavy atom. The molecule has 186 valence electrons. The molecule has 1 aromatic carbocycles. The van der Waals surface area contributed by atoms with Crippen LogP contribution in [0.25, 0.3) is 0 Å². The fourth-order valence-electron chi connectivity index (χ4n) is 5.20. The minimum atomic E-state index is -4.58. The SMILES string of the molecule is NC(=O)C1(OC(=O)c2ccc(C3CCC(C(=O)c4ccccc4C(F)(F)F)CC3)cn2)CCCC1. The summed E-state index contributed by atoms with van der Waals surface area (Å²) >= 11 is 0. The number of ether oxygens (including phenoxy) is 1. The van der Waals surface area contributed by atoms with Gasteiger partial charge in [-0.3, -0.25) is 9.59 Å². The smallest absolute Gasteiger partial charge is 0.417 e. The quantitative estimate of drug-likeness (QED) is 0.444. The van der Waals surface area contributed by atoms with Crippen molar-refractivity contribution in [3.63, 3.8) is 0 Å². The first-order valence-electron chi connectivity index (χ1n) is 11.8. The van der Waals surface area contributed by atoms with Crippen LogP contribution in [0.1, 0.15) is 89.3 Å². The number of carbonyl (C=O) groups excluding carboxylic acids is 3. The lowest BCUT2D eigenvalue weighted by Gasteiger charge is -2.28. The van der Waals surface area contributed by atoms with Crippen LogP contribution < -0.4 is 5.73 Å². The Bertz CT molecular complexity index is 1100. The van der Waals surface area contributed by atoms with Crippen molar-refractivity contribution in [2.45, 2.75) is 69.1 Å². The lowest BCUT2D eigenvalue weighted by atomic mass is 9.76. The third kappa shape index (κ3) is 5.23. The molecule has 4 rings (SSSR count). The zero-order valence-electron chi connectivity index (χ0n) is 19.1. The van der Waals surface area contributed by atoms with Gasteiger partial charge in [0.1, 0.15) is 5.69 Å². The number of halogens is 3. The summed E-state index contributed by atoms with van der Waals surface area (Å²) in [5, 5.41) is 0. The molecule has 0 bridgehead atoms. The predicted octanol–water partition coefficient (Wildman–Crippen LogP) is 5.21. The van der Waals surface area contributed by atoms with Crippen LogP contribution in [-0.4, -0.2) is 28.2 Å². The topological polar surface area (TPSA) is 99.4 Å². The molecular formula is C26H27F3N2O4. The number of esters is 1. The molecule has 0 spiro atoms. The predicted molar refractivity (Wildman–Crippen MR) is 121 cm³/mol. The molecule has 0 aliphatic heterocycles. The van der Waals surface area contributed by atoms with E-state index in [9.17, 15) is 27.6 Å². The molecule has 0 atom stereocenters. The first-order chi connectivity index (χ1) is 16.6. The van der Waals surface area contributed by atoms with Gasteiger partial charge in [-0.05, 0) is 75.0 Å². The Labute approximate surface area is 201 Å². The van der Waals surface area contributed by atoms with Gasteiger partial charge in [-0.25, -0.2) is 9.78 Å². The molecule has 1 aromatic heterocycles. The number of pyridine rings is 1. The fraction of sp³-hybridized carbons (Fsp3) is 0.462. The summed E-state index contributed by atoms with van der Waals surface area (Å²) in [6.45, 7) is 0. The third-order valence-electron chi connectivity index (χ3n) is 7.21. The van der Waals surface area contributed by atoms with E-state index in [-0.39, 0.29) is 17.2 Å². The lowest BCUT2D eigenvalue weighted by molar-refractivity contribution is -0.138. The number of Topliss-reactive ketones (excluding diaryl/α,β-unsaturated/α-hetero) is 1. The Morgan fingerprint density at radius 1 is 0.971 bits per heavy atom. The number of nitrogens with zero attached hydrogens (tertiary/aromatic N) is 1. The molecule has 0 saturated heterocycles. The molecule has 2 fully saturated rings. The fourth-order valence-corrected chi connectivity index (χ4v) is 5.20. The number of alkyl halides is 3. The van der Waals surface area contributed by atoms with Gasteiger partial charge in [0.25, 0.3) is 5.91 Å². The van der Waals surface area contributed by atoms with Gasteiger partial charge in [-0.2, -0.15) is 13.2 Å². The van der Waals surface area contributed by atoms with E-state index in [1.165, 1.54) is 24.3 Å². The van der Waals surface area contributed by atoms with E-state index in [4.69, 9.17) is 10.5 Å². The number of benzene rings is 1. The molecule has 1 amide bonds. The van der Waals surface area contributed by atoms with Crippen LogP contribution >= 0.6 is 0 Å². The van der Waals surface area contributed by atoms with Gasteiger partial charge in [0.05, 0.1) is 5.56 Å². The molecule has 2 aliphatic carbocycles. The Balaban J connectivity index is 1.38. The van der Waals surface area contributed by atoms with Crippen molar-refractivity contribution in [2.75, 3.05) is 0 Å². The lowest BCUT2D eigenvalue weighted by Crippen LogP contribution is -2.45. The number of ketones is 1. The van der Waals surface area contributed by atoms with Gasteiger partial charge >= 0.3 is 12.1 Å². The number of hydrogen-bond acceptors (Lipinski definition) is 5. The highest BCUT2D eigenvalue weighted by atomic mass is 19.4. The molecular weight excluding hydrogens is 461 g/mol. The van der Waals surface area contributed by atoms with Gasteiger partial charge in [0.15, 0.2) is 11.4 Å². The van der Waals surface area contributed by atoms with Crippen LogP contribution in [0, 0.1) is 5.92 Å². The zero-order valence-corrected chi connectivity index (χ0v) is 19.1. The van der Waals surface area contributed by atoms with E-state index >= 15 is 0 Å². The highest BCUT2D eigenvalue weighted by Crippen LogP contribution is 2.39. The van der Waals surface area contributed by atoms with Gasteiger partial charge in [-0.15, -0.1) is 0 Å². The molecule has 35 heavy (non-hydrogen) atoms. The van der Waals surface area contributed by atoms with Crippen LogP contribution in [0.3, 0.4) is 0 Å². The number of amides is 1. The summed E-state index contributed by atoms with van der Waals surface area (Å²) in [5.41, 5.74) is 3.99. The molecule has 2 saturated carbocycles. The van der Waals surface area contributed by atoms with E-state index in [1.807, 2.05) is 0 Å². The summed E-state index contributed by atoms with van der Waals surface area (Å²) in [6.07, 6.45) is 1.53. The third-order valence-corrected chi connectivity index (χ3v) is 7.21. The minimum Gasteiger partial charge on any atom is -0.444 e. The van der Waals surface area contributed by atoms with Crippen molar-refractivity contribution < 1.29 is 32.3 Å². The molecule has 9 heteroatoms. The number of carbonyl (C=O) groups is 3. The van der Waals surface area contributed by atoms with Gasteiger partial charge in [-0.1, -0.05) is 24.3 Å². The summed E-state index contributed by atoms with van der Waals surface area (Å²) in [7, 11) is 0. The highest BCUT2D eigenvalue weighted by molar-refractivity contribution is 5.99. The Morgan fingerprint density at radius 3 is 2.20 bits per heavy atom. The van der Waals surface area contributed by atoms with Gasteiger partial charge in [0.2, 0.25) is 0 Å². The Kier molecular flexibility index (Phi) is 6.96. The molecule has 1 heterocycles. The van der Waals surface area contributed by atoms with Crippen molar-refractivity contribution >= 4 is 17.7 Å². The standard InChI is InChI=1S/C26H27F3N2O4/c27-26(28,29)20-6-2-1-5-19(20)22(32)17-9-7-16(8-10-17)18-11-12-21(31-15-18)23(33)35-25(24(30)34)13-3-4-14-25/h1-2,5-6,11-12,15-17H,3-4,7-10,13-14H2,(H2,30,34). The average molecular weight is 489 g/mol. The molecule has 6 nitrogen and oxygen atoms in total. The Hall–Kier alpha value is -3.23. The van der Waals surface area contributed by atoms with Crippen molar-refractivity contribution in [2.24, 2.45) is 11.7 Å². The van der Waals surface area contributed by atoms with Crippen molar-refractivity contribution in [3.8, 4) is 0 Å². The first-order valence-corrected chi connectivity index (χ1v) is 11.8. The minimum absolute atomic E-state index is 0.0777. The highest BCUT2D eigenvalue weighted by Gasteiger charge is 2.44. The molecule has 2 aliphatic rings. The van der Waals surface area contributed by atoms with Crippen LogP contribution in [0.4, 0.5) is 13.2 Å². The molecule has 0 radical (unpaired) electrons. The summed E-state index contributed by atoms with van der Waals surface area (Å²) in [6, 6.07) is 8.22. The first kappa shape index (κ1) is 24.9. The second-order valence-electron chi connectivity index (χ2n) is 9.39. The van der Waals surface area contributed by atoms with E-state index in [2.05, 4.69) is 4.98 Å². The van der Waals surface area contributed by atoms with Crippen LogP contribution in [0.15, 0.2) is 42.6 Å². The van der Waals surface area contributed by atoms with Gasteiger partial charge < -0.3 is 10.5 Å². The summed E-state index contributed by atoms with van der Waals surface area (Å²) in [5.74, 6) is -2.20. The van der Waals surface area contributed by atoms with Crippen LogP contribution in [0.2, 0.25) is 0 Å². The van der Waals surface area contributed by atoms with E-state index in [0.29, 0.717) is 38.5 Å². The molecule has 2 aromatic rings. The maximum absolute atomic E-state index is 13.3. The van der Waals surface area contributed by atoms with Crippen molar-refractivity contribution in [1.82, 2.24) is 4.98 Å². The zero-order chi connectivity index (χ0) is 25.2. The largest absolute Gasteiger partial charge is 0.444 e. The second-order valence-corrected chi connectivity index (χ2v) is 9.39. The van der Waals surface area contributed by atoms with Gasteiger partial charge in [0, 0.05) is 17.7 Å². The molecule has 0 unspecified atom stereocenters. The number of rotatable bonds is 6. The number of hydrogen-bond donors (Lipinski definition) is 1. The number of primary amides is 1. The van der Waals surface area contributed by atoms with Crippen molar-refractivity contribution in [1.29, 1.82) is 0 Å². The van der Waals surface area contributed by atoms with E-state index < -0.39 is 40.9 Å². The van der Waals surface area contributed by atoms with Crippen LogP contribution in [0.5, 0.6) is 0 Å². The number of nitrogens with two attached hydrogens (primary N) is 1. The van der Waals surface area contributed by atoms with E-state index in [0.717, 1.165) is 24.5 Å². The number of aromatic nitrogens is 1. The summed E-state index contributed by atoms with van der Waals surface area (Å²) in [4.78, 5) is 41.4. The summed E-state index contributed by atoms with van der Waals surface area (Å²) < 4.78 is 45.4. The maximum atomic E-state index is 13.3. The van der Waals surface area contributed by atoms with Crippen LogP contribution in [-0.2, 0) is 15.7 Å². The van der Waals surface area contributed by atoms with Crippen molar-refractivity contribution in [3.05, 3.63) is 65.0 Å². The monoisotopic (exact) mass is 488 g/mol. The normalized spacial score (nSPS) is 21.9. The van der Waals surface area contributed by atoms with E-state index in [1.54, 1.807) is 12.3 Å². The maximum Gasteiger partial charge on any atom is 0.417 e. The molecule has 2 N–H and O–H groups in total. The average Bonchev–Trinajstić information content (AvgIpc) is 3.33. The second kappa shape index (κ2) is 9.79.